The third-order valence-corrected chi connectivity index (χ3v) is 4.45. The second kappa shape index (κ2) is 6.92. The van der Waals surface area contributed by atoms with Gasteiger partial charge in [0.25, 0.3) is 0 Å². The van der Waals surface area contributed by atoms with Crippen LogP contribution in [0, 0.1) is 0 Å². The van der Waals surface area contributed by atoms with Gasteiger partial charge in [0.1, 0.15) is 0 Å². The molecule has 18 heavy (non-hydrogen) atoms. The first-order chi connectivity index (χ1) is 8.85. The van der Waals surface area contributed by atoms with Gasteiger partial charge in [-0.2, -0.15) is 0 Å². The lowest BCUT2D eigenvalue weighted by atomic mass is 10.1. The van der Waals surface area contributed by atoms with Crippen LogP contribution < -0.4 is 5.32 Å². The Morgan fingerprint density at radius 3 is 2.94 bits per heavy atom. The lowest BCUT2D eigenvalue weighted by molar-refractivity contribution is 0.535. The first kappa shape index (κ1) is 13.6. The maximum absolute atomic E-state index is 4.21. The standard InChI is InChI=1S/C12H18N4S2/c1-3-5-14-11(6-9-7-13-8-17-9)12-10(4-2)15-16-18-12/h7-8,11,14H,3-6H2,1-2H3. The second-order valence-corrected chi connectivity index (χ2v) is 5.87. The Morgan fingerprint density at radius 1 is 1.39 bits per heavy atom. The molecule has 0 radical (unpaired) electrons. The van der Waals surface area contributed by atoms with Gasteiger partial charge < -0.3 is 5.32 Å². The molecule has 0 saturated heterocycles. The summed E-state index contributed by atoms with van der Waals surface area (Å²) < 4.78 is 4.09. The third-order valence-electron chi connectivity index (χ3n) is 2.77. The van der Waals surface area contributed by atoms with Gasteiger partial charge in [-0.3, -0.25) is 4.98 Å². The number of nitrogens with one attached hydrogen (secondary N) is 1. The largest absolute Gasteiger partial charge is 0.309 e. The molecule has 0 fully saturated rings. The van der Waals surface area contributed by atoms with E-state index >= 15 is 0 Å². The highest BCUT2D eigenvalue weighted by Gasteiger charge is 2.18. The summed E-state index contributed by atoms with van der Waals surface area (Å²) in [4.78, 5) is 6.72. The molecule has 0 aliphatic heterocycles. The number of rotatable bonds is 7. The van der Waals surface area contributed by atoms with E-state index in [4.69, 9.17) is 0 Å². The predicted molar refractivity (Wildman–Crippen MR) is 76.1 cm³/mol. The quantitative estimate of drug-likeness (QED) is 0.848. The van der Waals surface area contributed by atoms with Gasteiger partial charge in [0.05, 0.1) is 16.1 Å². The van der Waals surface area contributed by atoms with Crippen molar-refractivity contribution < 1.29 is 0 Å². The minimum absolute atomic E-state index is 0.320. The maximum atomic E-state index is 4.21. The van der Waals surface area contributed by atoms with E-state index in [-0.39, 0.29) is 0 Å². The Balaban J connectivity index is 2.14. The van der Waals surface area contributed by atoms with E-state index in [2.05, 4.69) is 33.7 Å². The first-order valence-corrected chi connectivity index (χ1v) is 7.92. The van der Waals surface area contributed by atoms with E-state index in [9.17, 15) is 0 Å². The molecule has 1 N–H and O–H groups in total. The summed E-state index contributed by atoms with van der Waals surface area (Å²) in [7, 11) is 0. The van der Waals surface area contributed by atoms with E-state index in [1.807, 2.05) is 11.7 Å². The molecule has 2 aromatic heterocycles. The molecular weight excluding hydrogens is 264 g/mol. The van der Waals surface area contributed by atoms with Crippen LogP contribution >= 0.6 is 22.9 Å². The smallest absolute Gasteiger partial charge is 0.0801 e. The van der Waals surface area contributed by atoms with Gasteiger partial charge >= 0.3 is 0 Å². The summed E-state index contributed by atoms with van der Waals surface area (Å²) in [6.07, 6.45) is 5.00. The number of aryl methyl sites for hydroxylation is 1. The molecule has 2 rings (SSSR count). The summed E-state index contributed by atoms with van der Waals surface area (Å²) in [6.45, 7) is 5.33. The van der Waals surface area contributed by atoms with Gasteiger partial charge in [0, 0.05) is 23.5 Å². The summed E-state index contributed by atoms with van der Waals surface area (Å²) in [5.74, 6) is 0. The zero-order valence-electron chi connectivity index (χ0n) is 10.7. The number of hydrogen-bond acceptors (Lipinski definition) is 6. The predicted octanol–water partition coefficient (Wildman–Crippen LogP) is 2.84. The first-order valence-electron chi connectivity index (χ1n) is 6.27. The van der Waals surface area contributed by atoms with Crippen LogP contribution in [0.3, 0.4) is 0 Å². The minimum Gasteiger partial charge on any atom is -0.309 e. The van der Waals surface area contributed by atoms with Crippen LogP contribution in [0.2, 0.25) is 0 Å². The molecule has 1 unspecified atom stereocenters. The summed E-state index contributed by atoms with van der Waals surface area (Å²) >= 11 is 3.22. The fourth-order valence-corrected chi connectivity index (χ4v) is 3.30. The van der Waals surface area contributed by atoms with E-state index in [0.717, 1.165) is 31.5 Å². The average Bonchev–Trinajstić information content (AvgIpc) is 3.04. The van der Waals surface area contributed by atoms with Gasteiger partial charge in [-0.05, 0) is 30.9 Å². The minimum atomic E-state index is 0.320. The second-order valence-electron chi connectivity index (χ2n) is 4.12. The van der Waals surface area contributed by atoms with Crippen molar-refractivity contribution in [1.29, 1.82) is 0 Å². The SMILES string of the molecule is CCCNC(Cc1cncs1)c1snnc1CC. The van der Waals surface area contributed by atoms with Crippen molar-refractivity contribution >= 4 is 22.9 Å². The molecular formula is C12H18N4S2. The normalized spacial score (nSPS) is 12.8. The van der Waals surface area contributed by atoms with E-state index < -0.39 is 0 Å². The van der Waals surface area contributed by atoms with Crippen LogP contribution in [-0.4, -0.2) is 21.1 Å². The summed E-state index contributed by atoms with van der Waals surface area (Å²) in [6, 6.07) is 0.320. The van der Waals surface area contributed by atoms with E-state index in [1.54, 1.807) is 11.3 Å². The van der Waals surface area contributed by atoms with E-state index in [1.165, 1.54) is 21.3 Å². The zero-order chi connectivity index (χ0) is 12.8. The Bertz CT molecular complexity index is 452. The molecule has 0 bridgehead atoms. The van der Waals surface area contributed by atoms with Crippen LogP contribution in [0.25, 0.3) is 0 Å². The van der Waals surface area contributed by atoms with Crippen molar-refractivity contribution in [2.75, 3.05) is 6.54 Å². The third kappa shape index (κ3) is 3.34. The summed E-state index contributed by atoms with van der Waals surface area (Å²) in [5.41, 5.74) is 3.01. The van der Waals surface area contributed by atoms with Crippen LogP contribution in [0.5, 0.6) is 0 Å². The fourth-order valence-electron chi connectivity index (χ4n) is 1.85. The Hall–Kier alpha value is -0.850. The van der Waals surface area contributed by atoms with Crippen LogP contribution in [0.1, 0.15) is 41.8 Å². The molecule has 0 aromatic carbocycles. The lowest BCUT2D eigenvalue weighted by Crippen LogP contribution is -2.24. The molecule has 0 aliphatic carbocycles. The molecule has 0 saturated carbocycles. The van der Waals surface area contributed by atoms with Gasteiger partial charge in [-0.1, -0.05) is 18.3 Å². The van der Waals surface area contributed by atoms with Crippen molar-refractivity contribution in [3.05, 3.63) is 27.2 Å². The highest BCUT2D eigenvalue weighted by Crippen LogP contribution is 2.25. The van der Waals surface area contributed by atoms with E-state index in [0.29, 0.717) is 6.04 Å². The van der Waals surface area contributed by atoms with Crippen molar-refractivity contribution in [2.45, 2.75) is 39.2 Å². The number of thiazole rings is 1. The lowest BCUT2D eigenvalue weighted by Gasteiger charge is -2.16. The number of nitrogens with zero attached hydrogens (tertiary/aromatic N) is 3. The van der Waals surface area contributed by atoms with Crippen molar-refractivity contribution in [3.8, 4) is 0 Å². The molecule has 2 heterocycles. The van der Waals surface area contributed by atoms with Gasteiger partial charge in [0.15, 0.2) is 0 Å². The average molecular weight is 282 g/mol. The molecule has 4 nitrogen and oxygen atoms in total. The fraction of sp³-hybridized carbons (Fsp3) is 0.583. The highest BCUT2D eigenvalue weighted by molar-refractivity contribution is 7.09. The number of hydrogen-bond donors (Lipinski definition) is 1. The van der Waals surface area contributed by atoms with Crippen LogP contribution in [0.4, 0.5) is 0 Å². The van der Waals surface area contributed by atoms with Gasteiger partial charge in [-0.25, -0.2) is 0 Å². The Morgan fingerprint density at radius 2 is 2.28 bits per heavy atom. The Labute approximate surface area is 116 Å². The zero-order valence-corrected chi connectivity index (χ0v) is 12.4. The molecule has 0 amide bonds. The van der Waals surface area contributed by atoms with Gasteiger partial charge in [-0.15, -0.1) is 16.4 Å². The molecule has 0 aliphatic rings. The Kier molecular flexibility index (Phi) is 5.22. The van der Waals surface area contributed by atoms with Crippen molar-refractivity contribution in [1.82, 2.24) is 19.9 Å². The maximum Gasteiger partial charge on any atom is 0.0801 e. The molecule has 0 spiro atoms. The summed E-state index contributed by atoms with van der Waals surface area (Å²) in [5, 5.41) is 7.80. The monoisotopic (exact) mass is 282 g/mol. The number of aromatic nitrogens is 3. The molecule has 98 valence electrons. The molecule has 1 atom stereocenters. The topological polar surface area (TPSA) is 50.7 Å². The van der Waals surface area contributed by atoms with Gasteiger partial charge in [0.2, 0.25) is 0 Å². The molecule has 6 heteroatoms. The highest BCUT2D eigenvalue weighted by atomic mass is 32.1. The molecule has 2 aromatic rings. The van der Waals surface area contributed by atoms with Crippen LogP contribution in [-0.2, 0) is 12.8 Å². The van der Waals surface area contributed by atoms with Crippen LogP contribution in [0.15, 0.2) is 11.7 Å². The van der Waals surface area contributed by atoms with Crippen molar-refractivity contribution in [2.24, 2.45) is 0 Å². The van der Waals surface area contributed by atoms with Crippen molar-refractivity contribution in [3.63, 3.8) is 0 Å².